The normalized spacial score (nSPS) is 12.2. The van der Waals surface area contributed by atoms with Crippen molar-refractivity contribution in [3.63, 3.8) is 0 Å². The molecule has 5 rings (SSSR count). The van der Waals surface area contributed by atoms with Crippen molar-refractivity contribution in [3.05, 3.63) is 89.4 Å². The number of fused-ring (bicyclic) bond motifs is 2. The van der Waals surface area contributed by atoms with E-state index in [2.05, 4.69) is 107 Å². The third kappa shape index (κ3) is 4.20. The van der Waals surface area contributed by atoms with Gasteiger partial charge in [0.1, 0.15) is 0 Å². The standard InChI is InChI=1S/C31H31NS/c1-20(2)16-22-10-11-26(30-27(22)13-15-33-30)23-12-14-32-29(19-23)24-17-21-8-6-7-9-25(21)28(18-24)31(3,4)5/h6-15,17-20H,16H2,1-5H3. The van der Waals surface area contributed by atoms with E-state index in [-0.39, 0.29) is 5.41 Å². The zero-order valence-electron chi connectivity index (χ0n) is 20.1. The summed E-state index contributed by atoms with van der Waals surface area (Å²) in [4.78, 5) is 4.79. The highest BCUT2D eigenvalue weighted by molar-refractivity contribution is 7.17. The Morgan fingerprint density at radius 1 is 0.848 bits per heavy atom. The highest BCUT2D eigenvalue weighted by Gasteiger charge is 2.19. The molecule has 2 aromatic heterocycles. The minimum atomic E-state index is 0.0581. The number of pyridine rings is 1. The van der Waals surface area contributed by atoms with Crippen LogP contribution in [0.1, 0.15) is 45.7 Å². The molecule has 1 nitrogen and oxygen atoms in total. The Kier molecular flexibility index (Phi) is 5.58. The SMILES string of the molecule is CC(C)Cc1ccc(-c2ccnc(-c3cc(C(C)(C)C)c4ccccc4c3)c2)c2sccc12. The van der Waals surface area contributed by atoms with Gasteiger partial charge in [0.05, 0.1) is 5.69 Å². The first-order valence-electron chi connectivity index (χ1n) is 11.8. The van der Waals surface area contributed by atoms with Crippen LogP contribution in [0.15, 0.2) is 78.3 Å². The molecule has 5 aromatic rings. The molecule has 0 aliphatic rings. The van der Waals surface area contributed by atoms with E-state index in [4.69, 9.17) is 4.98 Å². The van der Waals surface area contributed by atoms with Gasteiger partial charge in [-0.05, 0) is 91.9 Å². The number of nitrogens with zero attached hydrogens (tertiary/aromatic N) is 1. The first-order chi connectivity index (χ1) is 15.8. The van der Waals surface area contributed by atoms with Gasteiger partial charge < -0.3 is 0 Å². The molecule has 0 unspecified atom stereocenters. The molecule has 33 heavy (non-hydrogen) atoms. The molecule has 0 amide bonds. The molecule has 0 N–H and O–H groups in total. The van der Waals surface area contributed by atoms with E-state index >= 15 is 0 Å². The molecule has 0 aliphatic heterocycles. The Balaban J connectivity index is 1.65. The van der Waals surface area contributed by atoms with Crippen LogP contribution in [-0.4, -0.2) is 4.98 Å². The van der Waals surface area contributed by atoms with Crippen molar-refractivity contribution in [1.82, 2.24) is 4.98 Å². The molecule has 0 saturated heterocycles. The van der Waals surface area contributed by atoms with Crippen molar-refractivity contribution >= 4 is 32.2 Å². The van der Waals surface area contributed by atoms with Crippen LogP contribution in [-0.2, 0) is 11.8 Å². The largest absolute Gasteiger partial charge is 0.256 e. The van der Waals surface area contributed by atoms with E-state index in [1.807, 2.05) is 17.5 Å². The summed E-state index contributed by atoms with van der Waals surface area (Å²) < 4.78 is 1.37. The molecule has 0 bridgehead atoms. The summed E-state index contributed by atoms with van der Waals surface area (Å²) in [5.74, 6) is 0.649. The number of thiophene rings is 1. The molecule has 0 spiro atoms. The van der Waals surface area contributed by atoms with Crippen LogP contribution in [0.5, 0.6) is 0 Å². The highest BCUT2D eigenvalue weighted by Crippen LogP contribution is 2.38. The molecule has 0 radical (unpaired) electrons. The number of hydrogen-bond acceptors (Lipinski definition) is 2. The molecule has 166 valence electrons. The molecule has 0 aliphatic carbocycles. The van der Waals surface area contributed by atoms with Crippen LogP contribution in [0.2, 0.25) is 0 Å². The van der Waals surface area contributed by atoms with E-state index in [1.54, 1.807) is 0 Å². The van der Waals surface area contributed by atoms with Crippen molar-refractivity contribution in [1.29, 1.82) is 0 Å². The molecule has 2 heterocycles. The Morgan fingerprint density at radius 3 is 2.45 bits per heavy atom. The summed E-state index contributed by atoms with van der Waals surface area (Å²) in [6, 6.07) is 24.6. The molecule has 2 heteroatoms. The smallest absolute Gasteiger partial charge is 0.0708 e. The van der Waals surface area contributed by atoms with E-state index in [9.17, 15) is 0 Å². The Bertz CT molecular complexity index is 1450. The van der Waals surface area contributed by atoms with E-state index in [1.165, 1.54) is 48.7 Å². The fraction of sp³-hybridized carbons (Fsp3) is 0.258. The molecule has 0 atom stereocenters. The van der Waals surface area contributed by atoms with Crippen LogP contribution in [0.25, 0.3) is 43.2 Å². The highest BCUT2D eigenvalue weighted by atomic mass is 32.1. The molecule has 3 aromatic carbocycles. The fourth-order valence-electron chi connectivity index (χ4n) is 4.80. The van der Waals surface area contributed by atoms with Gasteiger partial charge in [-0.15, -0.1) is 11.3 Å². The van der Waals surface area contributed by atoms with Gasteiger partial charge in [0, 0.05) is 16.5 Å². The summed E-state index contributed by atoms with van der Waals surface area (Å²) in [5.41, 5.74) is 7.61. The minimum absolute atomic E-state index is 0.0581. The maximum atomic E-state index is 4.79. The summed E-state index contributed by atoms with van der Waals surface area (Å²) in [6.07, 6.45) is 3.07. The van der Waals surface area contributed by atoms with Crippen LogP contribution in [0.3, 0.4) is 0 Å². The van der Waals surface area contributed by atoms with Crippen molar-refractivity contribution in [2.75, 3.05) is 0 Å². The zero-order chi connectivity index (χ0) is 23.2. The fourth-order valence-corrected chi connectivity index (χ4v) is 5.78. The number of benzene rings is 3. The topological polar surface area (TPSA) is 12.9 Å². The third-order valence-electron chi connectivity index (χ3n) is 6.37. The van der Waals surface area contributed by atoms with Crippen molar-refractivity contribution in [2.24, 2.45) is 5.92 Å². The van der Waals surface area contributed by atoms with Gasteiger partial charge in [0.2, 0.25) is 0 Å². The number of hydrogen-bond donors (Lipinski definition) is 0. The lowest BCUT2D eigenvalue weighted by molar-refractivity contribution is 0.596. The van der Waals surface area contributed by atoms with Gasteiger partial charge in [-0.25, -0.2) is 0 Å². The van der Waals surface area contributed by atoms with Gasteiger partial charge in [-0.1, -0.05) is 71.0 Å². The maximum Gasteiger partial charge on any atom is 0.0708 e. The second-order valence-corrected chi connectivity index (χ2v) is 11.4. The minimum Gasteiger partial charge on any atom is -0.256 e. The van der Waals surface area contributed by atoms with Crippen LogP contribution >= 0.6 is 11.3 Å². The Hall–Kier alpha value is -2.97. The first kappa shape index (κ1) is 21.9. The lowest BCUT2D eigenvalue weighted by Gasteiger charge is -2.22. The predicted octanol–water partition coefficient (Wildman–Crippen LogP) is 9.28. The van der Waals surface area contributed by atoms with Crippen molar-refractivity contribution < 1.29 is 0 Å². The summed E-state index contributed by atoms with van der Waals surface area (Å²) in [6.45, 7) is 11.4. The quantitative estimate of drug-likeness (QED) is 0.266. The lowest BCUT2D eigenvalue weighted by atomic mass is 9.82. The lowest BCUT2D eigenvalue weighted by Crippen LogP contribution is -2.12. The predicted molar refractivity (Wildman–Crippen MR) is 145 cm³/mol. The summed E-state index contributed by atoms with van der Waals surface area (Å²) >= 11 is 1.84. The van der Waals surface area contributed by atoms with Crippen molar-refractivity contribution in [2.45, 2.75) is 46.5 Å². The van der Waals surface area contributed by atoms with E-state index < -0.39 is 0 Å². The van der Waals surface area contributed by atoms with E-state index in [0.29, 0.717) is 5.92 Å². The molecular formula is C31H31NS. The second-order valence-electron chi connectivity index (χ2n) is 10.5. The van der Waals surface area contributed by atoms with Crippen LogP contribution in [0.4, 0.5) is 0 Å². The zero-order valence-corrected chi connectivity index (χ0v) is 21.0. The second kappa shape index (κ2) is 8.43. The average molecular weight is 450 g/mol. The number of rotatable bonds is 4. The van der Waals surface area contributed by atoms with Gasteiger partial charge in [-0.2, -0.15) is 0 Å². The van der Waals surface area contributed by atoms with E-state index in [0.717, 1.165) is 12.1 Å². The molecule has 0 saturated carbocycles. The maximum absolute atomic E-state index is 4.79. The molecular weight excluding hydrogens is 418 g/mol. The third-order valence-corrected chi connectivity index (χ3v) is 7.32. The van der Waals surface area contributed by atoms with Crippen LogP contribution < -0.4 is 0 Å². The Morgan fingerprint density at radius 2 is 1.67 bits per heavy atom. The van der Waals surface area contributed by atoms with Crippen molar-refractivity contribution in [3.8, 4) is 22.4 Å². The van der Waals surface area contributed by atoms with Gasteiger partial charge >= 0.3 is 0 Å². The van der Waals surface area contributed by atoms with Gasteiger partial charge in [0.15, 0.2) is 0 Å². The number of aromatic nitrogens is 1. The Labute approximate surface area is 201 Å². The summed E-state index contributed by atoms with van der Waals surface area (Å²) in [7, 11) is 0. The average Bonchev–Trinajstić information content (AvgIpc) is 3.28. The molecule has 0 fully saturated rings. The van der Waals surface area contributed by atoms with Gasteiger partial charge in [-0.3, -0.25) is 4.98 Å². The summed E-state index contributed by atoms with van der Waals surface area (Å²) in [5, 5.41) is 6.21. The monoisotopic (exact) mass is 449 g/mol. The first-order valence-corrected chi connectivity index (χ1v) is 12.7. The van der Waals surface area contributed by atoms with Gasteiger partial charge in [0.25, 0.3) is 0 Å². The van der Waals surface area contributed by atoms with Crippen LogP contribution in [0, 0.1) is 5.92 Å².